The predicted octanol–water partition coefficient (Wildman–Crippen LogP) is 4.91. The van der Waals surface area contributed by atoms with E-state index in [0.29, 0.717) is 40.3 Å². The topological polar surface area (TPSA) is 74.1 Å². The molecule has 1 heterocycles. The Labute approximate surface area is 200 Å². The maximum atomic E-state index is 13.2. The summed E-state index contributed by atoms with van der Waals surface area (Å²) in [5.74, 6) is 1.61. The first-order valence-electron chi connectivity index (χ1n) is 10.1. The summed E-state index contributed by atoms with van der Waals surface area (Å²) in [5.41, 5.74) is 1.58. The Morgan fingerprint density at radius 3 is 2.59 bits per heavy atom. The van der Waals surface area contributed by atoms with Crippen molar-refractivity contribution in [3.05, 3.63) is 57.3 Å². The Hall–Kier alpha value is -2.07. The molecule has 1 N–H and O–H groups in total. The minimum Gasteiger partial charge on any atom is -0.490 e. The SMILES string of the molecule is CCOc1cc(CNCCCSc2nnnn2C)c(Cl)cc1OCc1ccc(F)cc1Cl. The summed E-state index contributed by atoms with van der Waals surface area (Å²) >= 11 is 14.2. The average molecular weight is 500 g/mol. The largest absolute Gasteiger partial charge is 0.490 e. The number of halogens is 3. The zero-order valence-electron chi connectivity index (χ0n) is 17.8. The lowest BCUT2D eigenvalue weighted by atomic mass is 10.2. The van der Waals surface area contributed by atoms with Gasteiger partial charge in [-0.25, -0.2) is 9.07 Å². The number of hydrogen-bond acceptors (Lipinski definition) is 7. The van der Waals surface area contributed by atoms with Gasteiger partial charge in [0, 0.05) is 36.0 Å². The first kappa shape index (κ1) is 24.6. The Morgan fingerprint density at radius 1 is 1.09 bits per heavy atom. The molecule has 2 aromatic carbocycles. The number of ether oxygens (including phenoxy) is 2. The van der Waals surface area contributed by atoms with Crippen molar-refractivity contribution in [2.24, 2.45) is 7.05 Å². The van der Waals surface area contributed by atoms with Gasteiger partial charge in [0.05, 0.1) is 11.6 Å². The first-order valence-corrected chi connectivity index (χ1v) is 11.8. The number of benzene rings is 2. The summed E-state index contributed by atoms with van der Waals surface area (Å²) in [4.78, 5) is 0. The lowest BCUT2D eigenvalue weighted by molar-refractivity contribution is 0.269. The molecule has 7 nitrogen and oxygen atoms in total. The van der Waals surface area contributed by atoms with E-state index in [2.05, 4.69) is 20.8 Å². The molecule has 0 aliphatic heterocycles. The van der Waals surface area contributed by atoms with Crippen molar-refractivity contribution in [2.75, 3.05) is 18.9 Å². The number of nitrogens with zero attached hydrogens (tertiary/aromatic N) is 4. The minimum atomic E-state index is -0.391. The molecule has 0 saturated heterocycles. The van der Waals surface area contributed by atoms with Gasteiger partial charge in [-0.1, -0.05) is 41.0 Å². The molecule has 0 radical (unpaired) electrons. The van der Waals surface area contributed by atoms with Crippen LogP contribution in [0.3, 0.4) is 0 Å². The number of tetrazole rings is 1. The van der Waals surface area contributed by atoms with Gasteiger partial charge >= 0.3 is 0 Å². The van der Waals surface area contributed by atoms with Crippen molar-refractivity contribution in [2.45, 2.75) is 31.7 Å². The van der Waals surface area contributed by atoms with Crippen molar-refractivity contribution >= 4 is 35.0 Å². The molecule has 0 bridgehead atoms. The molecule has 3 rings (SSSR count). The first-order chi connectivity index (χ1) is 15.5. The van der Waals surface area contributed by atoms with Crippen molar-refractivity contribution in [3.63, 3.8) is 0 Å². The van der Waals surface area contributed by atoms with E-state index in [1.54, 1.807) is 28.6 Å². The second kappa shape index (κ2) is 12.2. The van der Waals surface area contributed by atoms with Crippen LogP contribution < -0.4 is 14.8 Å². The van der Waals surface area contributed by atoms with Crippen LogP contribution in [0.25, 0.3) is 0 Å². The van der Waals surface area contributed by atoms with Gasteiger partial charge in [-0.2, -0.15) is 0 Å². The lowest BCUT2D eigenvalue weighted by Gasteiger charge is -2.16. The van der Waals surface area contributed by atoms with Crippen LogP contribution in [-0.4, -0.2) is 39.1 Å². The zero-order chi connectivity index (χ0) is 22.9. The summed E-state index contributed by atoms with van der Waals surface area (Å²) in [6, 6.07) is 7.81. The Morgan fingerprint density at radius 2 is 1.88 bits per heavy atom. The van der Waals surface area contributed by atoms with Crippen molar-refractivity contribution < 1.29 is 13.9 Å². The van der Waals surface area contributed by atoms with Gasteiger partial charge in [0.25, 0.3) is 0 Å². The quantitative estimate of drug-likeness (QED) is 0.280. The molecule has 32 heavy (non-hydrogen) atoms. The van der Waals surface area contributed by atoms with Gasteiger partial charge < -0.3 is 14.8 Å². The molecular formula is C21H24Cl2FN5O2S. The highest BCUT2D eigenvalue weighted by molar-refractivity contribution is 7.99. The van der Waals surface area contributed by atoms with Gasteiger partial charge in [-0.3, -0.25) is 0 Å². The molecule has 11 heteroatoms. The van der Waals surface area contributed by atoms with Crippen molar-refractivity contribution in [1.82, 2.24) is 25.5 Å². The summed E-state index contributed by atoms with van der Waals surface area (Å²) < 4.78 is 26.5. The van der Waals surface area contributed by atoms with Crippen LogP contribution in [0, 0.1) is 5.82 Å². The second-order valence-corrected chi connectivity index (χ2v) is 8.69. The van der Waals surface area contributed by atoms with E-state index in [1.807, 2.05) is 20.0 Å². The number of rotatable bonds is 12. The third-order valence-corrected chi connectivity index (χ3v) is 6.24. The zero-order valence-corrected chi connectivity index (χ0v) is 20.1. The fourth-order valence-corrected chi connectivity index (χ4v) is 4.05. The maximum absolute atomic E-state index is 13.2. The van der Waals surface area contributed by atoms with E-state index in [0.717, 1.165) is 29.4 Å². The van der Waals surface area contributed by atoms with Crippen molar-refractivity contribution in [3.8, 4) is 11.5 Å². The summed E-state index contributed by atoms with van der Waals surface area (Å²) in [6.07, 6.45) is 0.951. The van der Waals surface area contributed by atoms with E-state index in [9.17, 15) is 4.39 Å². The van der Waals surface area contributed by atoms with Crippen molar-refractivity contribution in [1.29, 1.82) is 0 Å². The van der Waals surface area contributed by atoms with E-state index in [1.165, 1.54) is 12.1 Å². The van der Waals surface area contributed by atoms with Gasteiger partial charge in [0.2, 0.25) is 5.16 Å². The monoisotopic (exact) mass is 499 g/mol. The molecule has 3 aromatic rings. The van der Waals surface area contributed by atoms with Gasteiger partial charge in [-0.15, -0.1) is 5.10 Å². The Bertz CT molecular complexity index is 1040. The number of thioether (sulfide) groups is 1. The van der Waals surface area contributed by atoms with Crippen LogP contribution in [0.1, 0.15) is 24.5 Å². The predicted molar refractivity (Wildman–Crippen MR) is 124 cm³/mol. The molecule has 0 saturated carbocycles. The van der Waals surface area contributed by atoms with Crippen LogP contribution in [0.5, 0.6) is 11.5 Å². The highest BCUT2D eigenvalue weighted by Gasteiger charge is 2.13. The molecule has 0 unspecified atom stereocenters. The highest BCUT2D eigenvalue weighted by Crippen LogP contribution is 2.34. The van der Waals surface area contributed by atoms with E-state index in [4.69, 9.17) is 32.7 Å². The van der Waals surface area contributed by atoms with Crippen LogP contribution in [0.4, 0.5) is 4.39 Å². The van der Waals surface area contributed by atoms with Gasteiger partial charge in [-0.05, 0) is 54.1 Å². The Balaban J connectivity index is 1.54. The summed E-state index contributed by atoms with van der Waals surface area (Å²) in [7, 11) is 1.82. The molecule has 0 aliphatic carbocycles. The molecule has 0 spiro atoms. The van der Waals surface area contributed by atoms with Crippen LogP contribution in [0.15, 0.2) is 35.5 Å². The molecule has 1 aromatic heterocycles. The number of hydrogen-bond donors (Lipinski definition) is 1. The fourth-order valence-electron chi connectivity index (χ4n) is 2.82. The maximum Gasteiger partial charge on any atom is 0.209 e. The summed E-state index contributed by atoms with van der Waals surface area (Å²) in [5, 5.41) is 16.4. The third-order valence-electron chi connectivity index (χ3n) is 4.44. The molecule has 0 aliphatic rings. The third kappa shape index (κ3) is 6.96. The second-order valence-electron chi connectivity index (χ2n) is 6.81. The van der Waals surface area contributed by atoms with E-state index in [-0.39, 0.29) is 6.61 Å². The van der Waals surface area contributed by atoms with Gasteiger partial charge in [0.1, 0.15) is 12.4 Å². The van der Waals surface area contributed by atoms with Crippen LogP contribution in [0.2, 0.25) is 10.0 Å². The number of nitrogens with one attached hydrogen (secondary N) is 1. The van der Waals surface area contributed by atoms with E-state index < -0.39 is 5.82 Å². The lowest BCUT2D eigenvalue weighted by Crippen LogP contribution is -2.16. The minimum absolute atomic E-state index is 0.172. The Kier molecular flexibility index (Phi) is 9.40. The molecule has 172 valence electrons. The fraction of sp³-hybridized carbons (Fsp3) is 0.381. The van der Waals surface area contributed by atoms with E-state index >= 15 is 0 Å². The molecule has 0 atom stereocenters. The normalized spacial score (nSPS) is 11.0. The molecule has 0 fully saturated rings. The average Bonchev–Trinajstić information content (AvgIpc) is 3.17. The number of aromatic nitrogens is 4. The van der Waals surface area contributed by atoms with Crippen LogP contribution in [-0.2, 0) is 20.2 Å². The molecule has 0 amide bonds. The summed E-state index contributed by atoms with van der Waals surface area (Å²) in [6.45, 7) is 3.97. The molecular weight excluding hydrogens is 476 g/mol. The smallest absolute Gasteiger partial charge is 0.209 e. The van der Waals surface area contributed by atoms with Gasteiger partial charge in [0.15, 0.2) is 11.5 Å². The standard InChI is InChI=1S/C21H24Cl2FN5O2S/c1-3-30-19-9-15(12-25-7-4-8-32-21-26-27-28-29(21)2)18(23)11-20(19)31-13-14-5-6-16(24)10-17(14)22/h5-6,9-11,25H,3-4,7-8,12-13H2,1-2H3. The number of aryl methyl sites for hydroxylation is 1. The highest BCUT2D eigenvalue weighted by atomic mass is 35.5. The van der Waals surface area contributed by atoms with Crippen LogP contribution >= 0.6 is 35.0 Å².